The van der Waals surface area contributed by atoms with Crippen molar-refractivity contribution in [1.29, 1.82) is 0 Å². The summed E-state index contributed by atoms with van der Waals surface area (Å²) < 4.78 is 24.0. The van der Waals surface area contributed by atoms with Gasteiger partial charge < -0.3 is 9.36 Å². The zero-order chi connectivity index (χ0) is 16.9. The van der Waals surface area contributed by atoms with Crippen LogP contribution < -0.4 is 10.8 Å². The van der Waals surface area contributed by atoms with Crippen LogP contribution >= 0.6 is 7.60 Å². The minimum atomic E-state index is -3.37. The van der Waals surface area contributed by atoms with Gasteiger partial charge in [-0.2, -0.15) is 5.48 Å². The number of hydrogen-bond acceptors (Lipinski definition) is 6. The zero-order valence-corrected chi connectivity index (χ0v) is 14.7. The van der Waals surface area contributed by atoms with Crippen LogP contribution in [0.4, 0.5) is 0 Å². The van der Waals surface area contributed by atoms with Crippen molar-refractivity contribution in [3.63, 3.8) is 0 Å². The van der Waals surface area contributed by atoms with Crippen molar-refractivity contribution in [3.8, 4) is 0 Å². The van der Waals surface area contributed by atoms with E-state index in [0.29, 0.717) is 11.8 Å². The summed E-state index contributed by atoms with van der Waals surface area (Å²) >= 11 is 0. The molecule has 1 heterocycles. The second-order valence-corrected chi connectivity index (χ2v) is 7.36. The lowest BCUT2D eigenvalue weighted by molar-refractivity contribution is -0.153. The van der Waals surface area contributed by atoms with E-state index in [1.54, 1.807) is 6.92 Å². The van der Waals surface area contributed by atoms with E-state index in [1.165, 1.54) is 0 Å². The standard InChI is InChI=1S/C16H24NO5P/c1-4-6-10-17-21-15(18)11-14-13-9-7-8-12(3)16(13)23(19,22-14)20-5-2/h7-9,14,17H,4-6,10-11H2,1-3H3. The van der Waals surface area contributed by atoms with Crippen LogP contribution in [0.25, 0.3) is 0 Å². The zero-order valence-electron chi connectivity index (χ0n) is 13.8. The van der Waals surface area contributed by atoms with Crippen molar-refractivity contribution in [3.05, 3.63) is 29.3 Å². The minimum Gasteiger partial charge on any atom is -0.371 e. The molecule has 6 nitrogen and oxygen atoms in total. The molecule has 1 aliphatic heterocycles. The summed E-state index contributed by atoms with van der Waals surface area (Å²) in [7, 11) is -3.37. The smallest absolute Gasteiger partial charge is 0.362 e. The van der Waals surface area contributed by atoms with Crippen LogP contribution in [-0.2, 0) is 23.2 Å². The number of carbonyl (C=O) groups excluding carboxylic acids is 1. The maximum Gasteiger partial charge on any atom is 0.362 e. The van der Waals surface area contributed by atoms with Crippen molar-refractivity contribution in [1.82, 2.24) is 5.48 Å². The van der Waals surface area contributed by atoms with Crippen molar-refractivity contribution in [2.45, 2.75) is 46.1 Å². The summed E-state index contributed by atoms with van der Waals surface area (Å²) in [5.41, 5.74) is 4.22. The van der Waals surface area contributed by atoms with Crippen LogP contribution in [0.15, 0.2) is 18.2 Å². The van der Waals surface area contributed by atoms with Crippen LogP contribution in [-0.4, -0.2) is 19.1 Å². The van der Waals surface area contributed by atoms with Gasteiger partial charge in [-0.25, -0.2) is 0 Å². The highest BCUT2D eigenvalue weighted by atomic mass is 31.2. The van der Waals surface area contributed by atoms with E-state index in [0.717, 1.165) is 24.0 Å². The first-order valence-electron chi connectivity index (χ1n) is 7.97. The van der Waals surface area contributed by atoms with E-state index < -0.39 is 19.7 Å². The van der Waals surface area contributed by atoms with Gasteiger partial charge in [-0.15, -0.1) is 0 Å². The Balaban J connectivity index is 2.09. The summed E-state index contributed by atoms with van der Waals surface area (Å²) in [6, 6.07) is 5.54. The molecule has 0 fully saturated rings. The molecule has 2 unspecified atom stereocenters. The molecule has 1 aromatic carbocycles. The predicted octanol–water partition coefficient (Wildman–Crippen LogP) is 3.16. The SMILES string of the molecule is CCCCNOC(=O)CC1OP(=O)(OCC)c2c(C)cccc21. The van der Waals surface area contributed by atoms with Gasteiger partial charge in [-0.05, 0) is 31.4 Å². The third-order valence-electron chi connectivity index (χ3n) is 3.63. The Hall–Kier alpha value is -1.20. The van der Waals surface area contributed by atoms with Crippen LogP contribution in [0.3, 0.4) is 0 Å². The molecule has 1 aliphatic rings. The average Bonchev–Trinajstić information content (AvgIpc) is 2.78. The van der Waals surface area contributed by atoms with E-state index >= 15 is 0 Å². The lowest BCUT2D eigenvalue weighted by atomic mass is 10.0. The van der Waals surface area contributed by atoms with Gasteiger partial charge in [0.1, 0.15) is 6.10 Å². The first kappa shape index (κ1) is 18.1. The van der Waals surface area contributed by atoms with Crippen molar-refractivity contribution in [2.75, 3.05) is 13.2 Å². The molecule has 1 N–H and O–H groups in total. The highest BCUT2D eigenvalue weighted by molar-refractivity contribution is 7.62. The molecule has 7 heteroatoms. The van der Waals surface area contributed by atoms with Gasteiger partial charge in [0.25, 0.3) is 0 Å². The first-order chi connectivity index (χ1) is 11.0. The number of hydroxylamine groups is 1. The molecule has 0 saturated carbocycles. The number of fused-ring (bicyclic) bond motifs is 1. The van der Waals surface area contributed by atoms with E-state index in [9.17, 15) is 9.36 Å². The Morgan fingerprint density at radius 1 is 1.39 bits per heavy atom. The second-order valence-electron chi connectivity index (χ2n) is 5.45. The van der Waals surface area contributed by atoms with Gasteiger partial charge in [-0.1, -0.05) is 31.5 Å². The van der Waals surface area contributed by atoms with Crippen molar-refractivity contribution in [2.24, 2.45) is 0 Å². The molecule has 1 aromatic rings. The molecule has 0 saturated heterocycles. The first-order valence-corrected chi connectivity index (χ1v) is 9.51. The highest BCUT2D eigenvalue weighted by Crippen LogP contribution is 2.58. The Labute approximate surface area is 137 Å². The quantitative estimate of drug-likeness (QED) is 0.445. The monoisotopic (exact) mass is 341 g/mol. The second kappa shape index (κ2) is 8.06. The van der Waals surface area contributed by atoms with E-state index in [4.69, 9.17) is 13.9 Å². The number of rotatable bonds is 8. The molecule has 0 aromatic heterocycles. The Kier molecular flexibility index (Phi) is 6.36. The number of aryl methyl sites for hydroxylation is 1. The Morgan fingerprint density at radius 3 is 2.87 bits per heavy atom. The van der Waals surface area contributed by atoms with Gasteiger partial charge in [0.05, 0.1) is 18.3 Å². The fourth-order valence-electron chi connectivity index (χ4n) is 2.58. The van der Waals surface area contributed by atoms with Gasteiger partial charge in [-0.3, -0.25) is 13.9 Å². The molecule has 0 bridgehead atoms. The molecule has 2 atom stereocenters. The number of nitrogens with one attached hydrogen (secondary N) is 1. The maximum atomic E-state index is 12.9. The lowest BCUT2D eigenvalue weighted by Gasteiger charge is -2.14. The maximum absolute atomic E-state index is 12.9. The van der Waals surface area contributed by atoms with E-state index in [-0.39, 0.29) is 13.0 Å². The topological polar surface area (TPSA) is 73.9 Å². The summed E-state index contributed by atoms with van der Waals surface area (Å²) in [6.45, 7) is 6.57. The molecule has 128 valence electrons. The highest BCUT2D eigenvalue weighted by Gasteiger charge is 2.44. The third kappa shape index (κ3) is 4.21. The number of hydrogen-bond donors (Lipinski definition) is 1. The fraction of sp³-hybridized carbons (Fsp3) is 0.562. The van der Waals surface area contributed by atoms with Crippen LogP contribution in [0.1, 0.15) is 50.3 Å². The van der Waals surface area contributed by atoms with Gasteiger partial charge in [0.2, 0.25) is 0 Å². The number of benzene rings is 1. The molecular formula is C16H24NO5P. The predicted molar refractivity (Wildman–Crippen MR) is 87.5 cm³/mol. The van der Waals surface area contributed by atoms with Crippen LogP contribution in [0, 0.1) is 6.92 Å². The Bertz CT molecular complexity index is 604. The molecule has 0 amide bonds. The average molecular weight is 341 g/mol. The molecule has 23 heavy (non-hydrogen) atoms. The van der Waals surface area contributed by atoms with Gasteiger partial charge in [0.15, 0.2) is 0 Å². The molecule has 0 spiro atoms. The number of unbranched alkanes of at least 4 members (excludes halogenated alkanes) is 1. The summed E-state index contributed by atoms with van der Waals surface area (Å²) in [6.07, 6.45) is 1.32. The Morgan fingerprint density at radius 2 is 2.17 bits per heavy atom. The molecule has 0 aliphatic carbocycles. The molecule has 2 rings (SSSR count). The molecule has 0 radical (unpaired) electrons. The number of carbonyl (C=O) groups is 1. The normalized spacial score (nSPS) is 22.8. The van der Waals surface area contributed by atoms with Crippen molar-refractivity contribution >= 4 is 18.9 Å². The van der Waals surface area contributed by atoms with Gasteiger partial charge in [0, 0.05) is 6.54 Å². The van der Waals surface area contributed by atoms with E-state index in [1.807, 2.05) is 25.1 Å². The van der Waals surface area contributed by atoms with Crippen molar-refractivity contribution < 1.29 is 23.2 Å². The lowest BCUT2D eigenvalue weighted by Crippen LogP contribution is -2.22. The van der Waals surface area contributed by atoms with Crippen LogP contribution in [0.2, 0.25) is 0 Å². The third-order valence-corrected chi connectivity index (χ3v) is 5.91. The summed E-state index contributed by atoms with van der Waals surface area (Å²) in [5, 5.41) is 0.582. The van der Waals surface area contributed by atoms with Gasteiger partial charge >= 0.3 is 13.6 Å². The summed E-state index contributed by atoms with van der Waals surface area (Å²) in [5.74, 6) is -0.441. The largest absolute Gasteiger partial charge is 0.371 e. The molecular weight excluding hydrogens is 317 g/mol. The minimum absolute atomic E-state index is 0.00730. The van der Waals surface area contributed by atoms with E-state index in [2.05, 4.69) is 12.4 Å². The fourth-order valence-corrected chi connectivity index (χ4v) is 4.78. The summed E-state index contributed by atoms with van der Waals surface area (Å²) in [4.78, 5) is 16.9. The van der Waals surface area contributed by atoms with Crippen LogP contribution in [0.5, 0.6) is 0 Å².